The molecule has 5 nitrogen and oxygen atoms in total. The van der Waals surface area contributed by atoms with Crippen molar-refractivity contribution in [2.45, 2.75) is 32.2 Å². The van der Waals surface area contributed by atoms with Crippen LogP contribution in [0.1, 0.15) is 26.2 Å². The minimum atomic E-state index is -0.503. The fourth-order valence-electron chi connectivity index (χ4n) is 2.34. The van der Waals surface area contributed by atoms with Crippen molar-refractivity contribution < 1.29 is 9.59 Å². The quantitative estimate of drug-likeness (QED) is 0.888. The van der Waals surface area contributed by atoms with E-state index in [1.807, 2.05) is 23.1 Å². The van der Waals surface area contributed by atoms with Crippen molar-refractivity contribution in [3.8, 4) is 0 Å². The number of likely N-dealkylation sites (tertiary alicyclic amines) is 1. The van der Waals surface area contributed by atoms with Crippen LogP contribution in [-0.4, -0.2) is 36.0 Å². The van der Waals surface area contributed by atoms with E-state index < -0.39 is 6.04 Å². The first kappa shape index (κ1) is 14.4. The topological polar surface area (TPSA) is 61.4 Å². The largest absolute Gasteiger partial charge is 0.341 e. The second kappa shape index (κ2) is 6.93. The summed E-state index contributed by atoms with van der Waals surface area (Å²) in [5.74, 6) is -0.00656. The van der Waals surface area contributed by atoms with Crippen molar-refractivity contribution in [3.63, 3.8) is 0 Å². The molecule has 1 aromatic rings. The van der Waals surface area contributed by atoms with Crippen molar-refractivity contribution in [2.24, 2.45) is 0 Å². The molecule has 0 unspecified atom stereocenters. The third-order valence-corrected chi connectivity index (χ3v) is 3.42. The number of piperidine rings is 1. The van der Waals surface area contributed by atoms with E-state index in [0.717, 1.165) is 25.9 Å². The summed E-state index contributed by atoms with van der Waals surface area (Å²) in [5.41, 5.74) is 0.711. The molecule has 3 amide bonds. The van der Waals surface area contributed by atoms with E-state index in [9.17, 15) is 9.59 Å². The molecule has 1 aliphatic rings. The zero-order valence-electron chi connectivity index (χ0n) is 11.8. The Morgan fingerprint density at radius 3 is 2.40 bits per heavy atom. The molecule has 0 spiro atoms. The van der Waals surface area contributed by atoms with Gasteiger partial charge in [0.05, 0.1) is 0 Å². The highest BCUT2D eigenvalue weighted by Crippen LogP contribution is 2.10. The molecule has 1 aromatic carbocycles. The number of carbonyl (C=O) groups excluding carboxylic acids is 2. The molecule has 5 heteroatoms. The third-order valence-electron chi connectivity index (χ3n) is 3.42. The Bertz CT molecular complexity index is 455. The van der Waals surface area contributed by atoms with Gasteiger partial charge in [0.25, 0.3) is 0 Å². The lowest BCUT2D eigenvalue weighted by Crippen LogP contribution is -2.49. The highest BCUT2D eigenvalue weighted by atomic mass is 16.2. The van der Waals surface area contributed by atoms with Gasteiger partial charge in [-0.1, -0.05) is 18.2 Å². The maximum absolute atomic E-state index is 12.2. The predicted octanol–water partition coefficient (Wildman–Crippen LogP) is 2.21. The second-order valence-electron chi connectivity index (χ2n) is 5.07. The van der Waals surface area contributed by atoms with Crippen molar-refractivity contribution >= 4 is 17.6 Å². The molecule has 0 aliphatic carbocycles. The molecule has 1 heterocycles. The lowest BCUT2D eigenvalue weighted by atomic mass is 10.1. The summed E-state index contributed by atoms with van der Waals surface area (Å²) in [6.45, 7) is 3.32. The number of nitrogens with one attached hydrogen (secondary N) is 2. The van der Waals surface area contributed by atoms with Crippen molar-refractivity contribution in [1.29, 1.82) is 0 Å². The number of para-hydroxylation sites is 1. The highest BCUT2D eigenvalue weighted by molar-refractivity contribution is 5.93. The Hall–Kier alpha value is -2.04. The number of urea groups is 1. The molecule has 0 radical (unpaired) electrons. The summed E-state index contributed by atoms with van der Waals surface area (Å²) >= 11 is 0. The van der Waals surface area contributed by atoms with Gasteiger partial charge in [-0.15, -0.1) is 0 Å². The molecule has 1 aliphatic heterocycles. The minimum Gasteiger partial charge on any atom is -0.341 e. The number of amides is 3. The van der Waals surface area contributed by atoms with Crippen molar-refractivity contribution in [2.75, 3.05) is 18.4 Å². The first-order valence-electron chi connectivity index (χ1n) is 7.08. The first-order valence-corrected chi connectivity index (χ1v) is 7.08. The lowest BCUT2D eigenvalue weighted by molar-refractivity contribution is -0.133. The lowest BCUT2D eigenvalue weighted by Gasteiger charge is -2.29. The number of hydrogen-bond acceptors (Lipinski definition) is 2. The molecular formula is C15H21N3O2. The van der Waals surface area contributed by atoms with E-state index in [1.54, 1.807) is 19.1 Å². The van der Waals surface area contributed by atoms with Gasteiger partial charge in [0.15, 0.2) is 0 Å². The molecule has 1 atom stereocenters. The molecule has 1 saturated heterocycles. The van der Waals surface area contributed by atoms with E-state index in [2.05, 4.69) is 10.6 Å². The number of benzene rings is 1. The van der Waals surface area contributed by atoms with Gasteiger partial charge in [-0.3, -0.25) is 4.79 Å². The fraction of sp³-hybridized carbons (Fsp3) is 0.467. The second-order valence-corrected chi connectivity index (χ2v) is 5.07. The summed E-state index contributed by atoms with van der Waals surface area (Å²) in [7, 11) is 0. The number of hydrogen-bond donors (Lipinski definition) is 2. The fourth-order valence-corrected chi connectivity index (χ4v) is 2.34. The summed E-state index contributed by atoms with van der Waals surface area (Å²) in [6.07, 6.45) is 3.28. The number of carbonyl (C=O) groups is 2. The molecule has 0 saturated carbocycles. The van der Waals surface area contributed by atoms with Gasteiger partial charge in [-0.25, -0.2) is 4.79 Å². The summed E-state index contributed by atoms with van der Waals surface area (Å²) in [6, 6.07) is 8.32. The van der Waals surface area contributed by atoms with Crippen LogP contribution in [0, 0.1) is 0 Å². The third kappa shape index (κ3) is 3.98. The van der Waals surface area contributed by atoms with E-state index >= 15 is 0 Å². The smallest absolute Gasteiger partial charge is 0.319 e. The molecule has 2 rings (SSSR count). The standard InChI is InChI=1S/C15H21N3O2/c1-12(14(19)18-10-6-3-7-11-18)16-15(20)17-13-8-4-2-5-9-13/h2,4-5,8-9,12H,3,6-7,10-11H2,1H3,(H2,16,17,20)/t12-/m1/s1. The maximum atomic E-state index is 12.2. The molecule has 20 heavy (non-hydrogen) atoms. The van der Waals surface area contributed by atoms with Gasteiger partial charge < -0.3 is 15.5 Å². The molecule has 0 bridgehead atoms. The number of rotatable bonds is 3. The van der Waals surface area contributed by atoms with Gasteiger partial charge >= 0.3 is 6.03 Å². The van der Waals surface area contributed by atoms with Crippen molar-refractivity contribution in [3.05, 3.63) is 30.3 Å². The number of anilines is 1. The molecule has 2 N–H and O–H groups in total. The van der Waals surface area contributed by atoms with Crippen LogP contribution in [0.3, 0.4) is 0 Å². The molecule has 108 valence electrons. The zero-order chi connectivity index (χ0) is 14.4. The van der Waals surface area contributed by atoms with Gasteiger partial charge in [-0.2, -0.15) is 0 Å². The van der Waals surface area contributed by atoms with E-state index in [1.165, 1.54) is 6.42 Å². The van der Waals surface area contributed by atoms with E-state index in [4.69, 9.17) is 0 Å². The minimum absolute atomic E-state index is 0.00656. The number of nitrogens with zero attached hydrogens (tertiary/aromatic N) is 1. The summed E-state index contributed by atoms with van der Waals surface area (Å²) in [5, 5.41) is 5.39. The SMILES string of the molecule is C[C@@H](NC(=O)Nc1ccccc1)C(=O)N1CCCCC1. The Balaban J connectivity index is 1.82. The van der Waals surface area contributed by atoms with Crippen LogP contribution in [0.4, 0.5) is 10.5 Å². The van der Waals surface area contributed by atoms with Crippen LogP contribution in [0.2, 0.25) is 0 Å². The summed E-state index contributed by atoms with van der Waals surface area (Å²) < 4.78 is 0. The Morgan fingerprint density at radius 1 is 1.10 bits per heavy atom. The van der Waals surface area contributed by atoms with Crippen LogP contribution in [0.5, 0.6) is 0 Å². The highest BCUT2D eigenvalue weighted by Gasteiger charge is 2.23. The molecule has 0 aromatic heterocycles. The Labute approximate surface area is 119 Å². The Kier molecular flexibility index (Phi) is 4.98. The normalized spacial score (nSPS) is 16.4. The summed E-state index contributed by atoms with van der Waals surface area (Å²) in [4.78, 5) is 25.8. The van der Waals surface area contributed by atoms with Gasteiger partial charge in [0.2, 0.25) is 5.91 Å². The van der Waals surface area contributed by atoms with E-state index in [-0.39, 0.29) is 11.9 Å². The van der Waals surface area contributed by atoms with Crippen LogP contribution in [-0.2, 0) is 4.79 Å². The van der Waals surface area contributed by atoms with Crippen LogP contribution >= 0.6 is 0 Å². The average molecular weight is 275 g/mol. The van der Waals surface area contributed by atoms with Crippen molar-refractivity contribution in [1.82, 2.24) is 10.2 Å². The average Bonchev–Trinajstić information content (AvgIpc) is 2.48. The van der Waals surface area contributed by atoms with Crippen LogP contribution < -0.4 is 10.6 Å². The van der Waals surface area contributed by atoms with Crippen LogP contribution in [0.15, 0.2) is 30.3 Å². The van der Waals surface area contributed by atoms with Gasteiger partial charge in [0, 0.05) is 18.8 Å². The zero-order valence-corrected chi connectivity index (χ0v) is 11.8. The maximum Gasteiger partial charge on any atom is 0.319 e. The monoisotopic (exact) mass is 275 g/mol. The van der Waals surface area contributed by atoms with Gasteiger partial charge in [-0.05, 0) is 38.3 Å². The molecule has 1 fully saturated rings. The predicted molar refractivity (Wildman–Crippen MR) is 78.5 cm³/mol. The molecular weight excluding hydrogens is 254 g/mol. The van der Waals surface area contributed by atoms with E-state index in [0.29, 0.717) is 5.69 Å². The van der Waals surface area contributed by atoms with Gasteiger partial charge in [0.1, 0.15) is 6.04 Å². The van der Waals surface area contributed by atoms with Crippen LogP contribution in [0.25, 0.3) is 0 Å². The Morgan fingerprint density at radius 2 is 1.75 bits per heavy atom. The first-order chi connectivity index (χ1) is 9.66.